The van der Waals surface area contributed by atoms with Crippen LogP contribution in [0.15, 0.2) is 54.6 Å². The first-order valence-corrected chi connectivity index (χ1v) is 10.7. The van der Waals surface area contributed by atoms with Crippen molar-refractivity contribution in [2.24, 2.45) is 0 Å². The molecule has 2 aromatic carbocycles. The number of nitrogens with one attached hydrogen (secondary N) is 2. The second-order valence-corrected chi connectivity index (χ2v) is 8.67. The maximum atomic E-state index is 12.9. The Morgan fingerprint density at radius 3 is 2.42 bits per heavy atom. The molecule has 1 unspecified atom stereocenters. The molecule has 7 heteroatoms. The fourth-order valence-corrected chi connectivity index (χ4v) is 5.13. The Labute approximate surface area is 178 Å². The van der Waals surface area contributed by atoms with E-state index in [1.54, 1.807) is 12.1 Å². The number of benzene rings is 2. The Morgan fingerprint density at radius 2 is 1.74 bits per heavy atom. The number of amides is 1. The molecule has 2 fully saturated rings. The SMILES string of the molecule is O=C(NC1C[C@H]2CC[C@@H](C1)N2Cc1ccccc1)c1ccc2cc(C(F)(F)F)[nH]c2c1. The number of halogens is 3. The van der Waals surface area contributed by atoms with Crippen LogP contribution in [-0.4, -0.2) is 33.9 Å². The van der Waals surface area contributed by atoms with Gasteiger partial charge in [-0.15, -0.1) is 0 Å². The summed E-state index contributed by atoms with van der Waals surface area (Å²) < 4.78 is 38.8. The number of hydrogen-bond acceptors (Lipinski definition) is 2. The van der Waals surface area contributed by atoms with E-state index in [0.29, 0.717) is 28.6 Å². The number of aromatic nitrogens is 1. The summed E-state index contributed by atoms with van der Waals surface area (Å²) in [6.45, 7) is 0.932. The van der Waals surface area contributed by atoms with Crippen LogP contribution in [0.4, 0.5) is 13.2 Å². The van der Waals surface area contributed by atoms with Crippen LogP contribution >= 0.6 is 0 Å². The molecule has 2 aliphatic rings. The molecule has 162 valence electrons. The average molecular weight is 427 g/mol. The van der Waals surface area contributed by atoms with Crippen molar-refractivity contribution in [2.45, 2.75) is 56.5 Å². The minimum absolute atomic E-state index is 0.0853. The lowest BCUT2D eigenvalue weighted by Crippen LogP contribution is -2.49. The lowest BCUT2D eigenvalue weighted by Gasteiger charge is -2.39. The predicted molar refractivity (Wildman–Crippen MR) is 113 cm³/mol. The maximum Gasteiger partial charge on any atom is 0.431 e. The molecule has 2 aliphatic heterocycles. The summed E-state index contributed by atoms with van der Waals surface area (Å²) in [6.07, 6.45) is -0.360. The highest BCUT2D eigenvalue weighted by atomic mass is 19.4. The third kappa shape index (κ3) is 4.06. The molecule has 31 heavy (non-hydrogen) atoms. The summed E-state index contributed by atoms with van der Waals surface area (Å²) >= 11 is 0. The van der Waals surface area contributed by atoms with Gasteiger partial charge in [-0.3, -0.25) is 9.69 Å². The molecule has 3 atom stereocenters. The first-order valence-electron chi connectivity index (χ1n) is 10.7. The van der Waals surface area contributed by atoms with E-state index in [1.165, 1.54) is 11.6 Å². The monoisotopic (exact) mass is 427 g/mol. The van der Waals surface area contributed by atoms with Crippen molar-refractivity contribution in [3.63, 3.8) is 0 Å². The minimum atomic E-state index is -4.44. The number of carbonyl (C=O) groups is 1. The number of nitrogens with zero attached hydrogens (tertiary/aromatic N) is 1. The van der Waals surface area contributed by atoms with Crippen LogP contribution < -0.4 is 5.32 Å². The average Bonchev–Trinajstić information content (AvgIpc) is 3.26. The summed E-state index contributed by atoms with van der Waals surface area (Å²) in [5.41, 5.74) is 1.20. The van der Waals surface area contributed by atoms with Crippen molar-refractivity contribution < 1.29 is 18.0 Å². The van der Waals surface area contributed by atoms with Crippen LogP contribution in [0.5, 0.6) is 0 Å². The molecule has 3 heterocycles. The molecule has 4 nitrogen and oxygen atoms in total. The van der Waals surface area contributed by atoms with E-state index >= 15 is 0 Å². The third-order valence-electron chi connectivity index (χ3n) is 6.62. The Hall–Kier alpha value is -2.80. The number of alkyl halides is 3. The van der Waals surface area contributed by atoms with Crippen molar-refractivity contribution in [3.05, 3.63) is 71.4 Å². The Morgan fingerprint density at radius 1 is 1.03 bits per heavy atom. The van der Waals surface area contributed by atoms with Gasteiger partial charge in [-0.1, -0.05) is 36.4 Å². The lowest BCUT2D eigenvalue weighted by atomic mass is 9.96. The smallest absolute Gasteiger partial charge is 0.351 e. The van der Waals surface area contributed by atoms with Gasteiger partial charge < -0.3 is 10.3 Å². The minimum Gasteiger partial charge on any atom is -0.351 e. The molecule has 2 bridgehead atoms. The van der Waals surface area contributed by atoms with E-state index in [1.807, 2.05) is 6.07 Å². The van der Waals surface area contributed by atoms with Crippen molar-refractivity contribution in [1.29, 1.82) is 0 Å². The maximum absolute atomic E-state index is 12.9. The second-order valence-electron chi connectivity index (χ2n) is 8.67. The number of fused-ring (bicyclic) bond motifs is 3. The van der Waals surface area contributed by atoms with Gasteiger partial charge in [-0.2, -0.15) is 13.2 Å². The first-order chi connectivity index (χ1) is 14.9. The quantitative estimate of drug-likeness (QED) is 0.608. The fourth-order valence-electron chi connectivity index (χ4n) is 5.13. The van der Waals surface area contributed by atoms with Crippen molar-refractivity contribution in [1.82, 2.24) is 15.2 Å². The molecule has 3 aromatic rings. The van der Waals surface area contributed by atoms with Crippen LogP contribution in [0, 0.1) is 0 Å². The predicted octanol–water partition coefficient (Wildman–Crippen LogP) is 5.11. The Bertz CT molecular complexity index is 1080. The van der Waals surface area contributed by atoms with Gasteiger partial charge in [-0.05, 0) is 49.4 Å². The highest BCUT2D eigenvalue weighted by molar-refractivity contribution is 5.98. The third-order valence-corrected chi connectivity index (χ3v) is 6.62. The van der Waals surface area contributed by atoms with Crippen molar-refractivity contribution >= 4 is 16.8 Å². The highest BCUT2D eigenvalue weighted by Crippen LogP contribution is 2.37. The summed E-state index contributed by atoms with van der Waals surface area (Å²) in [5.74, 6) is -0.231. The van der Waals surface area contributed by atoms with Crippen molar-refractivity contribution in [2.75, 3.05) is 0 Å². The number of carbonyl (C=O) groups excluding carboxylic acids is 1. The topological polar surface area (TPSA) is 48.1 Å². The largest absolute Gasteiger partial charge is 0.431 e. The van der Waals surface area contributed by atoms with Gasteiger partial charge in [0, 0.05) is 41.1 Å². The molecular weight excluding hydrogens is 403 g/mol. The highest BCUT2D eigenvalue weighted by Gasteiger charge is 2.41. The molecule has 1 aromatic heterocycles. The summed E-state index contributed by atoms with van der Waals surface area (Å²) in [6, 6.07) is 17.1. The van der Waals surface area contributed by atoms with Gasteiger partial charge in [0.1, 0.15) is 5.69 Å². The van der Waals surface area contributed by atoms with Crippen LogP contribution in [0.25, 0.3) is 10.9 Å². The Balaban J connectivity index is 1.25. The number of aromatic amines is 1. The van der Waals surface area contributed by atoms with Gasteiger partial charge in [0.15, 0.2) is 0 Å². The molecule has 2 saturated heterocycles. The van der Waals surface area contributed by atoms with E-state index in [4.69, 9.17) is 0 Å². The number of hydrogen-bond donors (Lipinski definition) is 2. The summed E-state index contributed by atoms with van der Waals surface area (Å²) in [5, 5.41) is 3.56. The normalized spacial score (nSPS) is 23.9. The molecular formula is C24H24F3N3O. The van der Waals surface area contributed by atoms with Crippen LogP contribution in [0.1, 0.15) is 47.3 Å². The van der Waals surface area contributed by atoms with Gasteiger partial charge in [0.2, 0.25) is 0 Å². The van der Waals surface area contributed by atoms with Gasteiger partial charge in [0.05, 0.1) is 0 Å². The molecule has 0 aliphatic carbocycles. The van der Waals surface area contributed by atoms with E-state index < -0.39 is 11.9 Å². The molecule has 5 rings (SSSR count). The molecule has 0 saturated carbocycles. The summed E-state index contributed by atoms with van der Waals surface area (Å²) in [4.78, 5) is 17.7. The molecule has 2 N–H and O–H groups in total. The zero-order chi connectivity index (χ0) is 21.6. The summed E-state index contributed by atoms with van der Waals surface area (Å²) in [7, 11) is 0. The fraction of sp³-hybridized carbons (Fsp3) is 0.375. The van der Waals surface area contributed by atoms with Crippen molar-refractivity contribution in [3.8, 4) is 0 Å². The number of piperidine rings is 1. The van der Waals surface area contributed by atoms with E-state index in [-0.39, 0.29) is 11.9 Å². The van der Waals surface area contributed by atoms with Gasteiger partial charge >= 0.3 is 6.18 Å². The van der Waals surface area contributed by atoms with Crippen LogP contribution in [-0.2, 0) is 12.7 Å². The van der Waals surface area contributed by atoms with Crippen LogP contribution in [0.3, 0.4) is 0 Å². The molecule has 0 spiro atoms. The van der Waals surface area contributed by atoms with Gasteiger partial charge in [0.25, 0.3) is 5.91 Å². The molecule has 0 radical (unpaired) electrons. The number of H-pyrrole nitrogens is 1. The van der Waals surface area contributed by atoms with Gasteiger partial charge in [-0.25, -0.2) is 0 Å². The first kappa shape index (κ1) is 20.1. The number of rotatable bonds is 4. The molecule has 1 amide bonds. The van der Waals surface area contributed by atoms with E-state index in [0.717, 1.165) is 38.3 Å². The van der Waals surface area contributed by atoms with E-state index in [2.05, 4.69) is 39.5 Å². The lowest BCUT2D eigenvalue weighted by molar-refractivity contribution is -0.140. The standard InChI is InChI=1S/C24H24F3N3O/c25-24(26,27)22-11-16-6-7-17(10-21(16)29-22)23(31)28-18-12-19-8-9-20(13-18)30(19)14-15-4-2-1-3-5-15/h1-7,10-11,18-20,29H,8-9,12-14H2,(H,28,31)/t18?,19-,20+. The zero-order valence-corrected chi connectivity index (χ0v) is 17.0. The van der Waals surface area contributed by atoms with E-state index in [9.17, 15) is 18.0 Å². The Kier molecular flexibility index (Phi) is 5.01. The zero-order valence-electron chi connectivity index (χ0n) is 17.0. The van der Waals surface area contributed by atoms with Crippen LogP contribution in [0.2, 0.25) is 0 Å². The second kappa shape index (κ2) is 7.71.